The van der Waals surface area contributed by atoms with Crippen LogP contribution in [0.4, 0.5) is 0 Å². The molecule has 3 rings (SSSR count). The van der Waals surface area contributed by atoms with Crippen molar-refractivity contribution in [2.45, 2.75) is 13.0 Å². The van der Waals surface area contributed by atoms with Crippen LogP contribution in [-0.2, 0) is 16.1 Å². The van der Waals surface area contributed by atoms with Gasteiger partial charge in [0.1, 0.15) is 0 Å². The van der Waals surface area contributed by atoms with Crippen molar-refractivity contribution >= 4 is 5.97 Å². The molecule has 4 heteroatoms. The number of likely N-dealkylation sites (tertiary alicyclic amines) is 1. The topological polar surface area (TPSA) is 49.8 Å². The number of rotatable bonds is 3. The first kappa shape index (κ1) is 12.6. The predicted molar refractivity (Wildman–Crippen MR) is 70.7 cm³/mol. The van der Waals surface area contributed by atoms with Gasteiger partial charge in [-0.15, -0.1) is 0 Å². The van der Waals surface area contributed by atoms with Crippen molar-refractivity contribution in [2.75, 3.05) is 26.3 Å². The van der Waals surface area contributed by atoms with E-state index in [1.165, 1.54) is 5.56 Å². The zero-order chi connectivity index (χ0) is 13.3. The Kier molecular flexibility index (Phi) is 3.29. The molecule has 1 aromatic carbocycles. The lowest BCUT2D eigenvalue weighted by Crippen LogP contribution is -2.35. The SMILES string of the molecule is O=C(O)[C@@H]1CN(Cc2ccccc2)C[C@@]12CCOC2. The lowest BCUT2D eigenvalue weighted by molar-refractivity contribution is -0.144. The van der Waals surface area contributed by atoms with Crippen molar-refractivity contribution in [3.8, 4) is 0 Å². The van der Waals surface area contributed by atoms with Crippen LogP contribution in [0, 0.1) is 11.3 Å². The van der Waals surface area contributed by atoms with Crippen molar-refractivity contribution in [3.05, 3.63) is 35.9 Å². The molecule has 102 valence electrons. The summed E-state index contributed by atoms with van der Waals surface area (Å²) in [7, 11) is 0. The van der Waals surface area contributed by atoms with Gasteiger partial charge in [0.15, 0.2) is 0 Å². The third kappa shape index (κ3) is 2.38. The number of carboxylic acid groups (broad SMARTS) is 1. The van der Waals surface area contributed by atoms with Crippen molar-refractivity contribution in [2.24, 2.45) is 11.3 Å². The third-order valence-corrected chi connectivity index (χ3v) is 4.40. The van der Waals surface area contributed by atoms with Crippen LogP contribution >= 0.6 is 0 Å². The molecule has 4 nitrogen and oxygen atoms in total. The average Bonchev–Trinajstić information content (AvgIpc) is 2.99. The summed E-state index contributed by atoms with van der Waals surface area (Å²) in [6.07, 6.45) is 0.870. The largest absolute Gasteiger partial charge is 0.481 e. The molecule has 2 heterocycles. The lowest BCUT2D eigenvalue weighted by Gasteiger charge is -2.25. The van der Waals surface area contributed by atoms with Crippen LogP contribution < -0.4 is 0 Å². The summed E-state index contributed by atoms with van der Waals surface area (Å²) < 4.78 is 5.47. The van der Waals surface area contributed by atoms with Crippen LogP contribution in [0.1, 0.15) is 12.0 Å². The van der Waals surface area contributed by atoms with Gasteiger partial charge in [-0.2, -0.15) is 0 Å². The number of hydrogen-bond acceptors (Lipinski definition) is 3. The van der Waals surface area contributed by atoms with Gasteiger partial charge in [-0.1, -0.05) is 30.3 Å². The monoisotopic (exact) mass is 261 g/mol. The highest BCUT2D eigenvalue weighted by atomic mass is 16.5. The lowest BCUT2D eigenvalue weighted by atomic mass is 9.77. The van der Waals surface area contributed by atoms with E-state index in [-0.39, 0.29) is 11.3 Å². The maximum Gasteiger partial charge on any atom is 0.308 e. The average molecular weight is 261 g/mol. The van der Waals surface area contributed by atoms with E-state index >= 15 is 0 Å². The molecule has 0 bridgehead atoms. The molecule has 0 radical (unpaired) electrons. The van der Waals surface area contributed by atoms with Gasteiger partial charge in [0.2, 0.25) is 0 Å². The highest BCUT2D eigenvalue weighted by Crippen LogP contribution is 2.43. The second-order valence-electron chi connectivity index (χ2n) is 5.71. The quantitative estimate of drug-likeness (QED) is 0.898. The zero-order valence-electron chi connectivity index (χ0n) is 10.9. The first-order valence-electron chi connectivity index (χ1n) is 6.76. The standard InChI is InChI=1S/C15H19NO3/c17-14(18)13-9-16(8-12-4-2-1-3-5-12)10-15(13)6-7-19-11-15/h1-5,13H,6-11H2,(H,17,18)/t13-,15+/m0/s1. The van der Waals surface area contributed by atoms with Gasteiger partial charge in [0.25, 0.3) is 0 Å². The Morgan fingerprint density at radius 1 is 1.42 bits per heavy atom. The van der Waals surface area contributed by atoms with Crippen LogP contribution in [0.15, 0.2) is 30.3 Å². The summed E-state index contributed by atoms with van der Waals surface area (Å²) in [6.45, 7) is 3.58. The highest BCUT2D eigenvalue weighted by molar-refractivity contribution is 5.72. The Bertz CT molecular complexity index is 454. The molecule has 2 aliphatic heterocycles. The van der Waals surface area contributed by atoms with Crippen molar-refractivity contribution in [1.82, 2.24) is 4.90 Å². The highest BCUT2D eigenvalue weighted by Gasteiger charge is 2.52. The molecule has 2 fully saturated rings. The number of carboxylic acids is 1. The van der Waals surface area contributed by atoms with Gasteiger partial charge in [-0.3, -0.25) is 9.69 Å². The molecule has 1 spiro atoms. The Morgan fingerprint density at radius 3 is 2.84 bits per heavy atom. The van der Waals surface area contributed by atoms with Gasteiger partial charge in [-0.05, 0) is 12.0 Å². The molecule has 0 aromatic heterocycles. The number of nitrogens with zero attached hydrogens (tertiary/aromatic N) is 1. The van der Waals surface area contributed by atoms with Crippen LogP contribution in [-0.4, -0.2) is 42.3 Å². The van der Waals surface area contributed by atoms with Gasteiger partial charge in [0, 0.05) is 31.7 Å². The van der Waals surface area contributed by atoms with Gasteiger partial charge >= 0.3 is 5.97 Å². The Balaban J connectivity index is 1.74. The summed E-state index contributed by atoms with van der Waals surface area (Å²) in [5, 5.41) is 9.44. The minimum absolute atomic E-state index is 0.166. The van der Waals surface area contributed by atoms with E-state index < -0.39 is 5.97 Å². The number of benzene rings is 1. The number of ether oxygens (including phenoxy) is 1. The summed E-state index contributed by atoms with van der Waals surface area (Å²) in [6, 6.07) is 10.2. The van der Waals surface area contributed by atoms with E-state index in [9.17, 15) is 9.90 Å². The fourth-order valence-corrected chi connectivity index (χ4v) is 3.40. The fourth-order valence-electron chi connectivity index (χ4n) is 3.40. The van der Waals surface area contributed by atoms with E-state index in [2.05, 4.69) is 17.0 Å². The summed E-state index contributed by atoms with van der Waals surface area (Å²) in [5.41, 5.74) is 1.07. The zero-order valence-corrected chi connectivity index (χ0v) is 10.9. The molecule has 19 heavy (non-hydrogen) atoms. The number of hydrogen-bond donors (Lipinski definition) is 1. The van der Waals surface area contributed by atoms with Crippen LogP contribution in [0.5, 0.6) is 0 Å². The van der Waals surface area contributed by atoms with Crippen LogP contribution in [0.25, 0.3) is 0 Å². The smallest absolute Gasteiger partial charge is 0.308 e. The van der Waals surface area contributed by atoms with Crippen molar-refractivity contribution in [3.63, 3.8) is 0 Å². The van der Waals surface area contributed by atoms with E-state index in [1.807, 2.05) is 18.2 Å². The van der Waals surface area contributed by atoms with Crippen molar-refractivity contribution in [1.29, 1.82) is 0 Å². The van der Waals surface area contributed by atoms with E-state index in [4.69, 9.17) is 4.74 Å². The minimum Gasteiger partial charge on any atom is -0.481 e. The first-order chi connectivity index (χ1) is 9.20. The van der Waals surface area contributed by atoms with E-state index in [0.717, 1.165) is 19.5 Å². The van der Waals surface area contributed by atoms with Gasteiger partial charge < -0.3 is 9.84 Å². The number of carbonyl (C=O) groups is 1. The Labute approximate surface area is 113 Å². The molecule has 0 saturated carbocycles. The molecular weight excluding hydrogens is 242 g/mol. The van der Waals surface area contributed by atoms with Gasteiger partial charge in [-0.25, -0.2) is 0 Å². The molecule has 0 amide bonds. The summed E-state index contributed by atoms with van der Waals surface area (Å²) >= 11 is 0. The molecule has 2 atom stereocenters. The van der Waals surface area contributed by atoms with E-state index in [1.54, 1.807) is 0 Å². The molecule has 0 unspecified atom stereocenters. The maximum atomic E-state index is 11.5. The summed E-state index contributed by atoms with van der Waals surface area (Å²) in [5.74, 6) is -0.972. The molecule has 1 N–H and O–H groups in total. The first-order valence-corrected chi connectivity index (χ1v) is 6.76. The molecular formula is C15H19NO3. The Morgan fingerprint density at radius 2 is 2.21 bits per heavy atom. The fraction of sp³-hybridized carbons (Fsp3) is 0.533. The van der Waals surface area contributed by atoms with Crippen LogP contribution in [0.3, 0.4) is 0 Å². The molecule has 2 aliphatic rings. The van der Waals surface area contributed by atoms with Crippen molar-refractivity contribution < 1.29 is 14.6 Å². The minimum atomic E-state index is -0.680. The van der Waals surface area contributed by atoms with Gasteiger partial charge in [0.05, 0.1) is 12.5 Å². The molecule has 1 aromatic rings. The van der Waals surface area contributed by atoms with Crippen LogP contribution in [0.2, 0.25) is 0 Å². The van der Waals surface area contributed by atoms with E-state index in [0.29, 0.717) is 19.8 Å². The molecule has 0 aliphatic carbocycles. The second-order valence-corrected chi connectivity index (χ2v) is 5.71. The Hall–Kier alpha value is -1.39. The maximum absolute atomic E-state index is 11.5. The summed E-state index contributed by atoms with van der Waals surface area (Å²) in [4.78, 5) is 13.7. The molecule has 2 saturated heterocycles. The normalized spacial score (nSPS) is 31.1. The number of aliphatic carboxylic acids is 1. The second kappa shape index (κ2) is 4.94. The third-order valence-electron chi connectivity index (χ3n) is 4.40. The predicted octanol–water partition coefficient (Wildman–Crippen LogP) is 1.61.